The molecule has 0 bridgehead atoms. The average Bonchev–Trinajstić information content (AvgIpc) is 3.30. The standard InChI is InChI=1S/C24H29ClN6O4S2/c1-31-10-7-16-17(12-31)37-23(28-16)22(36)29-18-11-26-9-8-24(18,19(32)13-35-2)30-21(34)20(33)27-15-5-3-14(25)4-6-15/h3-6,18,26H,7-13H2,1-2H3,(H,27,33)(H,29,36)(H,30,34)/t18-,24+/m1/s1. The van der Waals surface area contributed by atoms with E-state index >= 15 is 0 Å². The number of thiocarbonyl (C=S) groups is 1. The van der Waals surface area contributed by atoms with Gasteiger partial charge in [0.2, 0.25) is 0 Å². The van der Waals surface area contributed by atoms with Crippen molar-refractivity contribution in [2.45, 2.75) is 31.0 Å². The van der Waals surface area contributed by atoms with Gasteiger partial charge in [-0.15, -0.1) is 11.3 Å². The minimum Gasteiger partial charge on any atom is -0.377 e. The highest BCUT2D eigenvalue weighted by Crippen LogP contribution is 2.26. The van der Waals surface area contributed by atoms with Crippen molar-refractivity contribution >= 4 is 63.4 Å². The van der Waals surface area contributed by atoms with Gasteiger partial charge >= 0.3 is 11.8 Å². The van der Waals surface area contributed by atoms with Crippen LogP contribution in [0, 0.1) is 0 Å². The van der Waals surface area contributed by atoms with Crippen molar-refractivity contribution in [3.8, 4) is 0 Å². The smallest absolute Gasteiger partial charge is 0.313 e. The Labute approximate surface area is 229 Å². The van der Waals surface area contributed by atoms with E-state index in [0.29, 0.717) is 33.8 Å². The third-order valence-electron chi connectivity index (χ3n) is 6.48. The van der Waals surface area contributed by atoms with Gasteiger partial charge in [0.25, 0.3) is 0 Å². The van der Waals surface area contributed by atoms with Crippen LogP contribution in [-0.4, -0.2) is 84.4 Å². The number of ether oxygens (including phenoxy) is 1. The van der Waals surface area contributed by atoms with Crippen LogP contribution in [-0.2, 0) is 32.1 Å². The summed E-state index contributed by atoms with van der Waals surface area (Å²) in [6, 6.07) is 5.73. The Morgan fingerprint density at radius 1 is 1.30 bits per heavy atom. The van der Waals surface area contributed by atoms with E-state index in [2.05, 4.69) is 33.2 Å². The normalized spacial score (nSPS) is 21.5. The second kappa shape index (κ2) is 11.9. The summed E-state index contributed by atoms with van der Waals surface area (Å²) in [4.78, 5) is 47.6. The number of benzene rings is 1. The van der Waals surface area contributed by atoms with Gasteiger partial charge in [0.1, 0.15) is 17.1 Å². The maximum Gasteiger partial charge on any atom is 0.313 e. The molecular formula is C24H29ClN6O4S2. The largest absolute Gasteiger partial charge is 0.377 e. The molecule has 2 atom stereocenters. The van der Waals surface area contributed by atoms with Gasteiger partial charge in [-0.25, -0.2) is 4.98 Å². The quantitative estimate of drug-likeness (QED) is 0.289. The number of piperidine rings is 1. The van der Waals surface area contributed by atoms with Crippen LogP contribution in [0.4, 0.5) is 5.69 Å². The van der Waals surface area contributed by atoms with E-state index in [-0.39, 0.29) is 18.8 Å². The van der Waals surface area contributed by atoms with E-state index in [0.717, 1.165) is 25.2 Å². The third-order valence-corrected chi connectivity index (χ3v) is 8.27. The number of nitrogens with one attached hydrogen (secondary N) is 4. The zero-order chi connectivity index (χ0) is 26.6. The summed E-state index contributed by atoms with van der Waals surface area (Å²) in [5.41, 5.74) is 0.0240. The van der Waals surface area contributed by atoms with Crippen LogP contribution in [0.25, 0.3) is 0 Å². The first-order chi connectivity index (χ1) is 17.7. The number of ketones is 1. The number of aromatic nitrogens is 1. The molecule has 2 aliphatic heterocycles. The van der Waals surface area contributed by atoms with Gasteiger partial charge in [0.05, 0.1) is 11.7 Å². The first-order valence-electron chi connectivity index (χ1n) is 11.8. The van der Waals surface area contributed by atoms with Gasteiger partial charge in [-0.2, -0.15) is 0 Å². The van der Waals surface area contributed by atoms with Gasteiger partial charge in [0.15, 0.2) is 10.8 Å². The fourth-order valence-electron chi connectivity index (χ4n) is 4.49. The zero-order valence-electron chi connectivity index (χ0n) is 20.6. The number of thiazole rings is 1. The molecule has 198 valence electrons. The number of fused-ring (bicyclic) bond motifs is 1. The predicted molar refractivity (Wildman–Crippen MR) is 146 cm³/mol. The molecule has 4 rings (SSSR count). The SMILES string of the molecule is COCC(=O)[C@]1(NC(=O)C(=O)Nc2ccc(Cl)cc2)CCNC[C@H]1NC(=S)c1nc2c(s1)CN(C)CC2. The Hall–Kier alpha value is -2.48. The summed E-state index contributed by atoms with van der Waals surface area (Å²) in [5.74, 6) is -2.19. The van der Waals surface area contributed by atoms with Gasteiger partial charge < -0.3 is 30.9 Å². The van der Waals surface area contributed by atoms with Crippen molar-refractivity contribution in [1.82, 2.24) is 25.8 Å². The van der Waals surface area contributed by atoms with E-state index < -0.39 is 23.4 Å². The molecule has 1 aromatic carbocycles. The van der Waals surface area contributed by atoms with Crippen molar-refractivity contribution in [1.29, 1.82) is 0 Å². The van der Waals surface area contributed by atoms with Crippen LogP contribution in [0.3, 0.4) is 0 Å². The summed E-state index contributed by atoms with van der Waals surface area (Å²) >= 11 is 13.1. The highest BCUT2D eigenvalue weighted by Gasteiger charge is 2.49. The van der Waals surface area contributed by atoms with Crippen LogP contribution < -0.4 is 21.3 Å². The van der Waals surface area contributed by atoms with Crippen LogP contribution in [0.1, 0.15) is 22.0 Å². The Morgan fingerprint density at radius 3 is 2.78 bits per heavy atom. The summed E-state index contributed by atoms with van der Waals surface area (Å²) in [6.45, 7) is 2.30. The number of carbonyl (C=O) groups is 3. The second-order valence-electron chi connectivity index (χ2n) is 9.10. The maximum atomic E-state index is 13.4. The second-order valence-corrected chi connectivity index (χ2v) is 11.0. The number of carbonyl (C=O) groups excluding carboxylic acids is 3. The highest BCUT2D eigenvalue weighted by atomic mass is 35.5. The molecule has 4 N–H and O–H groups in total. The minimum atomic E-state index is -1.42. The number of methoxy groups -OCH3 is 1. The van der Waals surface area contributed by atoms with E-state index in [1.807, 2.05) is 0 Å². The Kier molecular flexibility index (Phi) is 8.88. The number of nitrogens with zero attached hydrogens (tertiary/aromatic N) is 2. The van der Waals surface area contributed by atoms with Crippen LogP contribution >= 0.6 is 35.2 Å². The van der Waals surface area contributed by atoms with E-state index in [1.165, 1.54) is 23.3 Å². The molecule has 0 spiro atoms. The van der Waals surface area contributed by atoms with Gasteiger partial charge in [-0.3, -0.25) is 14.4 Å². The number of Topliss-reactive ketones (excluding diaryl/α,β-unsaturated/α-hetero) is 1. The predicted octanol–water partition coefficient (Wildman–Crippen LogP) is 1.12. The Morgan fingerprint density at radius 2 is 2.05 bits per heavy atom. The number of hydrogen-bond acceptors (Lipinski definition) is 9. The monoisotopic (exact) mass is 564 g/mol. The summed E-state index contributed by atoms with van der Waals surface area (Å²) < 4.78 is 5.12. The molecule has 10 nitrogen and oxygen atoms in total. The molecule has 0 unspecified atom stereocenters. The molecule has 3 heterocycles. The molecule has 2 aliphatic rings. The first kappa shape index (κ1) is 27.6. The summed E-state index contributed by atoms with van der Waals surface area (Å²) in [5, 5.41) is 12.9. The Balaban J connectivity index is 1.54. The van der Waals surface area contributed by atoms with Crippen LogP contribution in [0.15, 0.2) is 24.3 Å². The lowest BCUT2D eigenvalue weighted by atomic mass is 9.79. The topological polar surface area (TPSA) is 125 Å². The van der Waals surface area contributed by atoms with E-state index in [4.69, 9.17) is 33.5 Å². The number of hydrogen-bond donors (Lipinski definition) is 4. The fourth-order valence-corrected chi connectivity index (χ4v) is 6.02. The fraction of sp³-hybridized carbons (Fsp3) is 0.458. The van der Waals surface area contributed by atoms with Gasteiger partial charge in [0, 0.05) is 48.8 Å². The molecule has 0 radical (unpaired) electrons. The summed E-state index contributed by atoms with van der Waals surface area (Å²) in [7, 11) is 3.47. The number of halogens is 1. The van der Waals surface area contributed by atoms with Crippen molar-refractivity contribution in [2.75, 3.05) is 45.7 Å². The molecule has 2 amide bonds. The molecule has 2 aromatic rings. The molecule has 0 aliphatic carbocycles. The molecule has 1 aromatic heterocycles. The van der Waals surface area contributed by atoms with Crippen molar-refractivity contribution in [3.05, 3.63) is 44.9 Å². The van der Waals surface area contributed by atoms with E-state index in [1.54, 1.807) is 24.3 Å². The highest BCUT2D eigenvalue weighted by molar-refractivity contribution is 7.81. The molecule has 37 heavy (non-hydrogen) atoms. The van der Waals surface area contributed by atoms with Gasteiger partial charge in [-0.1, -0.05) is 23.8 Å². The van der Waals surface area contributed by atoms with E-state index in [9.17, 15) is 14.4 Å². The van der Waals surface area contributed by atoms with Crippen molar-refractivity contribution in [2.24, 2.45) is 0 Å². The lowest BCUT2D eigenvalue weighted by Gasteiger charge is -2.44. The molecule has 13 heteroatoms. The number of amides is 2. The first-order valence-corrected chi connectivity index (χ1v) is 13.4. The number of likely N-dealkylation sites (N-methyl/N-ethyl adjacent to an activating group) is 1. The number of anilines is 1. The lowest BCUT2D eigenvalue weighted by Crippen LogP contribution is -2.73. The lowest BCUT2D eigenvalue weighted by molar-refractivity contribution is -0.142. The minimum absolute atomic E-state index is 0.234. The van der Waals surface area contributed by atoms with Gasteiger partial charge in [-0.05, 0) is 44.3 Å². The number of rotatable bonds is 7. The molecule has 0 saturated carbocycles. The van der Waals surface area contributed by atoms with Crippen molar-refractivity contribution in [3.63, 3.8) is 0 Å². The maximum absolute atomic E-state index is 13.4. The zero-order valence-corrected chi connectivity index (χ0v) is 22.9. The molecule has 1 saturated heterocycles. The summed E-state index contributed by atoms with van der Waals surface area (Å²) in [6.07, 6.45) is 1.10. The van der Waals surface area contributed by atoms with Crippen LogP contribution in [0.2, 0.25) is 5.02 Å². The molecule has 1 fully saturated rings. The molecular weight excluding hydrogens is 536 g/mol. The third kappa shape index (κ3) is 6.33. The van der Waals surface area contributed by atoms with Crippen LogP contribution in [0.5, 0.6) is 0 Å². The van der Waals surface area contributed by atoms with Crippen molar-refractivity contribution < 1.29 is 19.1 Å². The average molecular weight is 565 g/mol. The Bertz CT molecular complexity index is 1190.